The van der Waals surface area contributed by atoms with Crippen LogP contribution in [0.2, 0.25) is 0 Å². The summed E-state index contributed by atoms with van der Waals surface area (Å²) in [5.41, 5.74) is 5.19. The molecule has 2 aromatic heterocycles. The highest BCUT2D eigenvalue weighted by Gasteiger charge is 2.54. The van der Waals surface area contributed by atoms with Crippen LogP contribution < -0.4 is 15.3 Å². The topological polar surface area (TPSA) is 206 Å². The molecule has 1 aliphatic rings. The third-order valence-corrected chi connectivity index (χ3v) is 9.47. The van der Waals surface area contributed by atoms with Gasteiger partial charge in [-0.1, -0.05) is 57.7 Å². The molecule has 15 nitrogen and oxygen atoms in total. The molecule has 1 aliphatic heterocycles. The molecule has 1 fully saturated rings. The third-order valence-electron chi connectivity index (χ3n) is 7.92. The van der Waals surface area contributed by atoms with Crippen LogP contribution in [0.3, 0.4) is 0 Å². The molecule has 4 rings (SSSR count). The zero-order valence-corrected chi connectivity index (χ0v) is 28.4. The second-order valence-corrected chi connectivity index (χ2v) is 13.5. The molecule has 3 heterocycles. The summed E-state index contributed by atoms with van der Waals surface area (Å²) in [5, 5.41) is 29.0. The Kier molecular flexibility index (Phi) is 13.3. The van der Waals surface area contributed by atoms with Gasteiger partial charge in [0, 0.05) is 0 Å². The quantitative estimate of drug-likeness (QED) is 0.0800. The van der Waals surface area contributed by atoms with Gasteiger partial charge in [0.05, 0.1) is 31.9 Å². The zero-order valence-electron chi connectivity index (χ0n) is 27.5. The fourth-order valence-electron chi connectivity index (χ4n) is 5.18. The minimum absolute atomic E-state index is 0.101. The van der Waals surface area contributed by atoms with E-state index in [1.807, 2.05) is 13.8 Å². The summed E-state index contributed by atoms with van der Waals surface area (Å²) in [7, 11) is -4.53. The summed E-state index contributed by atoms with van der Waals surface area (Å²) in [6.07, 6.45) is 1.51. The second-order valence-electron chi connectivity index (χ2n) is 11.9. The van der Waals surface area contributed by atoms with Crippen LogP contribution >= 0.6 is 7.75 Å². The minimum Gasteiger partial charge on any atom is -0.466 e. The number of para-hydroxylation sites is 1. The molecule has 0 spiro atoms. The second kappa shape index (κ2) is 17.2. The number of nitrogens with zero attached hydrogens (tertiary/aromatic N) is 3. The smallest absolute Gasteiger partial charge is 0.459 e. The molecule has 1 aromatic carbocycles. The van der Waals surface area contributed by atoms with E-state index in [0.717, 1.165) is 25.7 Å². The van der Waals surface area contributed by atoms with Gasteiger partial charge >= 0.3 is 19.7 Å². The van der Waals surface area contributed by atoms with Gasteiger partial charge in [0.2, 0.25) is 0 Å². The van der Waals surface area contributed by atoms with Crippen molar-refractivity contribution in [2.45, 2.75) is 95.7 Å². The summed E-state index contributed by atoms with van der Waals surface area (Å²) in [6.45, 7) is 5.20. The van der Waals surface area contributed by atoms with Crippen molar-refractivity contribution in [3.8, 4) is 5.75 Å². The van der Waals surface area contributed by atoms with Crippen molar-refractivity contribution < 1.29 is 47.6 Å². The number of carbonyl (C=O) groups excluding carboxylic acids is 2. The number of aliphatic hydroxyl groups excluding tert-OH is 2. The summed E-state index contributed by atoms with van der Waals surface area (Å²) in [4.78, 5) is 29.9. The Labute approximate surface area is 279 Å². The number of benzene rings is 1. The Hall–Kier alpha value is -3.59. The molecule has 6 atom stereocenters. The molecule has 48 heavy (non-hydrogen) atoms. The van der Waals surface area contributed by atoms with Crippen LogP contribution in [0.25, 0.3) is 5.52 Å². The summed E-state index contributed by atoms with van der Waals surface area (Å²) >= 11 is 0. The molecule has 0 amide bonds. The first-order valence-electron chi connectivity index (χ1n) is 16.2. The first kappa shape index (κ1) is 37.2. The van der Waals surface area contributed by atoms with Crippen LogP contribution in [0, 0.1) is 0 Å². The van der Waals surface area contributed by atoms with Crippen molar-refractivity contribution in [1.82, 2.24) is 19.7 Å². The molecule has 0 radical (unpaired) electrons. The monoisotopic (exact) mass is 691 g/mol. The number of ether oxygens (including phenoxy) is 3. The van der Waals surface area contributed by atoms with Crippen molar-refractivity contribution in [3.63, 3.8) is 0 Å². The maximum absolute atomic E-state index is 14.4. The Morgan fingerprint density at radius 1 is 1.06 bits per heavy atom. The van der Waals surface area contributed by atoms with Crippen molar-refractivity contribution in [2.75, 3.05) is 25.6 Å². The Bertz CT molecular complexity index is 1540. The number of aromatic nitrogens is 3. The molecule has 1 saturated heterocycles. The lowest BCUT2D eigenvalue weighted by Crippen LogP contribution is -2.45. The van der Waals surface area contributed by atoms with E-state index in [1.165, 1.54) is 29.9 Å². The van der Waals surface area contributed by atoms with E-state index < -0.39 is 62.7 Å². The Morgan fingerprint density at radius 2 is 1.75 bits per heavy atom. The first-order chi connectivity index (χ1) is 23.0. The zero-order chi connectivity index (χ0) is 34.7. The van der Waals surface area contributed by atoms with Gasteiger partial charge in [-0.3, -0.25) is 14.1 Å². The predicted octanol–water partition coefficient (Wildman–Crippen LogP) is 3.88. The molecule has 0 saturated carbocycles. The van der Waals surface area contributed by atoms with E-state index >= 15 is 0 Å². The number of nitrogens with two attached hydrogens (primary N) is 1. The highest BCUT2D eigenvalue weighted by Crippen LogP contribution is 2.48. The lowest BCUT2D eigenvalue weighted by molar-refractivity contribution is -0.152. The summed E-state index contributed by atoms with van der Waals surface area (Å²) in [5.74, 6) is -1.18. The number of rotatable bonds is 19. The van der Waals surface area contributed by atoms with Crippen molar-refractivity contribution in [1.29, 1.82) is 0 Å². The van der Waals surface area contributed by atoms with Gasteiger partial charge in [-0.05, 0) is 44.0 Å². The van der Waals surface area contributed by atoms with Crippen molar-refractivity contribution >= 4 is 31.0 Å². The number of aliphatic hydroxyl groups is 2. The molecular formula is C32H46N5O10P. The van der Waals surface area contributed by atoms with Gasteiger partial charge < -0.3 is 34.7 Å². The predicted molar refractivity (Wildman–Crippen MR) is 175 cm³/mol. The molecule has 3 aromatic rings. The van der Waals surface area contributed by atoms with Crippen molar-refractivity contribution in [3.05, 3.63) is 54.5 Å². The number of hydrogen-bond donors (Lipinski definition) is 4. The Balaban J connectivity index is 1.55. The number of hydrogen-bond acceptors (Lipinski definition) is 13. The molecule has 0 aliphatic carbocycles. The number of nitrogens with one attached hydrogen (secondary N) is 1. The highest BCUT2D eigenvalue weighted by molar-refractivity contribution is 7.52. The molecule has 16 heteroatoms. The van der Waals surface area contributed by atoms with Gasteiger partial charge in [0.1, 0.15) is 47.5 Å². The summed E-state index contributed by atoms with van der Waals surface area (Å²) < 4.78 is 44.4. The molecule has 0 bridgehead atoms. The average Bonchev–Trinajstić information content (AvgIpc) is 3.60. The van der Waals surface area contributed by atoms with E-state index in [4.69, 9.17) is 29.0 Å². The largest absolute Gasteiger partial charge is 0.466 e. The Morgan fingerprint density at radius 3 is 2.44 bits per heavy atom. The number of fused-ring (bicyclic) bond motifs is 1. The van der Waals surface area contributed by atoms with Crippen LogP contribution in [-0.4, -0.2) is 80.4 Å². The number of carbonyl (C=O) groups is 2. The minimum atomic E-state index is -4.53. The SMILES string of the molecule is CCCCCOC(=O)C[C@H](N[P@@](=O)(OC[C@@]1(C)O[C@@H](c2ccc3c(N)ncnn23)[C@H](O)[C@@H]1O)Oc1ccccc1)C(=O)OCCCCC. The fourth-order valence-corrected chi connectivity index (χ4v) is 6.77. The van der Waals surface area contributed by atoms with E-state index in [-0.39, 0.29) is 24.8 Å². The van der Waals surface area contributed by atoms with Crippen LogP contribution in [-0.2, 0) is 32.9 Å². The van der Waals surface area contributed by atoms with Crippen LogP contribution in [0.5, 0.6) is 5.75 Å². The van der Waals surface area contributed by atoms with E-state index in [0.29, 0.717) is 24.1 Å². The normalized spacial score (nSPS) is 22.6. The maximum atomic E-state index is 14.4. The maximum Gasteiger partial charge on any atom is 0.459 e. The highest BCUT2D eigenvalue weighted by atomic mass is 31.2. The van der Waals surface area contributed by atoms with Gasteiger partial charge in [-0.25, -0.2) is 14.1 Å². The number of esters is 2. The third kappa shape index (κ3) is 9.52. The van der Waals surface area contributed by atoms with E-state index in [1.54, 1.807) is 30.3 Å². The van der Waals surface area contributed by atoms with Crippen LogP contribution in [0.1, 0.15) is 77.5 Å². The van der Waals surface area contributed by atoms with Crippen molar-refractivity contribution in [2.24, 2.45) is 0 Å². The number of nitrogen functional groups attached to an aromatic ring is 1. The van der Waals surface area contributed by atoms with E-state index in [2.05, 4.69) is 15.2 Å². The average molecular weight is 692 g/mol. The summed E-state index contributed by atoms with van der Waals surface area (Å²) in [6, 6.07) is 9.92. The van der Waals surface area contributed by atoms with Crippen LogP contribution in [0.15, 0.2) is 48.8 Å². The molecule has 5 N–H and O–H groups in total. The standard InChI is InChI=1S/C32H46N5O10P/c1-4-6-11-17-43-26(38)19-23(31(41)44-18-12-7-5-2)36-48(42,47-22-13-9-8-10-14-22)45-20-32(3)29(40)27(39)28(46-32)24-15-16-25-30(33)34-21-35-37(24)25/h8-10,13-16,21,23,27-29,39-40H,4-7,11-12,17-20H2,1-3H3,(H,36,42)(H2,33,34,35)/t23-,27-,28-,29-,32+,48+/m0/s1. The molecule has 264 valence electrons. The fraction of sp³-hybridized carbons (Fsp3) is 0.562. The van der Waals surface area contributed by atoms with Gasteiger partial charge in [-0.15, -0.1) is 0 Å². The first-order valence-corrected chi connectivity index (χ1v) is 17.8. The van der Waals surface area contributed by atoms with E-state index in [9.17, 15) is 24.4 Å². The molecular weight excluding hydrogens is 645 g/mol. The van der Waals surface area contributed by atoms with Gasteiger partial charge in [-0.2, -0.15) is 10.2 Å². The van der Waals surface area contributed by atoms with Gasteiger partial charge in [0.25, 0.3) is 0 Å². The van der Waals surface area contributed by atoms with Crippen LogP contribution in [0.4, 0.5) is 5.82 Å². The number of anilines is 1. The lowest BCUT2D eigenvalue weighted by Gasteiger charge is -2.30. The molecule has 0 unspecified atom stereocenters. The lowest BCUT2D eigenvalue weighted by atomic mass is 9.97. The number of unbranched alkanes of at least 4 members (excludes halogenated alkanes) is 4. The van der Waals surface area contributed by atoms with Gasteiger partial charge in [0.15, 0.2) is 5.82 Å².